The molecule has 3 nitrogen and oxygen atoms in total. The van der Waals surface area contributed by atoms with Crippen LogP contribution in [0.25, 0.3) is 0 Å². The standard InChI is InChI=1S/C8H5Cl2NO2S/c1-5-7(14(10,12)13)3-2-6(4-11)8(5)9/h2-3H,1H3. The number of hydrogen-bond acceptors (Lipinski definition) is 3. The topological polar surface area (TPSA) is 57.9 Å². The fraction of sp³-hybridized carbons (Fsp3) is 0.125. The molecule has 1 aromatic carbocycles. The van der Waals surface area contributed by atoms with Crippen LogP contribution in [0.3, 0.4) is 0 Å². The van der Waals surface area contributed by atoms with Gasteiger partial charge in [0.05, 0.1) is 15.5 Å². The first-order valence-corrected chi connectivity index (χ1v) is 6.20. The molecule has 0 aliphatic rings. The van der Waals surface area contributed by atoms with Gasteiger partial charge in [-0.2, -0.15) is 5.26 Å². The first-order chi connectivity index (χ1) is 6.38. The van der Waals surface area contributed by atoms with Gasteiger partial charge in [0.25, 0.3) is 9.05 Å². The molecule has 6 heteroatoms. The number of nitrogens with zero attached hydrogens (tertiary/aromatic N) is 1. The van der Waals surface area contributed by atoms with E-state index in [4.69, 9.17) is 27.5 Å². The maximum atomic E-state index is 11.0. The van der Waals surface area contributed by atoms with Crippen LogP contribution in [0.15, 0.2) is 17.0 Å². The molecule has 0 unspecified atom stereocenters. The van der Waals surface area contributed by atoms with Crippen LogP contribution in [-0.2, 0) is 9.05 Å². The lowest BCUT2D eigenvalue weighted by Gasteiger charge is -2.04. The highest BCUT2D eigenvalue weighted by Crippen LogP contribution is 2.28. The van der Waals surface area contributed by atoms with Crippen molar-refractivity contribution in [2.75, 3.05) is 0 Å². The molecule has 0 atom stereocenters. The van der Waals surface area contributed by atoms with Gasteiger partial charge in [0.2, 0.25) is 0 Å². The van der Waals surface area contributed by atoms with Gasteiger partial charge in [0.15, 0.2) is 0 Å². The van der Waals surface area contributed by atoms with Crippen molar-refractivity contribution in [3.05, 3.63) is 28.3 Å². The predicted molar refractivity (Wildman–Crippen MR) is 53.9 cm³/mol. The molecule has 0 heterocycles. The molecular weight excluding hydrogens is 245 g/mol. The summed E-state index contributed by atoms with van der Waals surface area (Å²) in [6.45, 7) is 1.50. The average molecular weight is 250 g/mol. The van der Waals surface area contributed by atoms with Gasteiger partial charge in [-0.05, 0) is 24.6 Å². The third-order valence-corrected chi connectivity index (χ3v) is 3.67. The summed E-state index contributed by atoms with van der Waals surface area (Å²) in [4.78, 5) is -0.0665. The third kappa shape index (κ3) is 2.01. The lowest BCUT2D eigenvalue weighted by Crippen LogP contribution is -1.96. The number of nitriles is 1. The number of rotatable bonds is 1. The number of benzene rings is 1. The van der Waals surface area contributed by atoms with Crippen molar-refractivity contribution in [2.45, 2.75) is 11.8 Å². The summed E-state index contributed by atoms with van der Waals surface area (Å²) in [5, 5.41) is 8.74. The molecule has 0 fully saturated rings. The van der Waals surface area contributed by atoms with Crippen molar-refractivity contribution in [1.29, 1.82) is 5.26 Å². The minimum atomic E-state index is -3.80. The Hall–Kier alpha value is -0.760. The average Bonchev–Trinajstić information content (AvgIpc) is 2.07. The van der Waals surface area contributed by atoms with Gasteiger partial charge >= 0.3 is 0 Å². The lowest BCUT2D eigenvalue weighted by molar-refractivity contribution is 0.609. The monoisotopic (exact) mass is 249 g/mol. The van der Waals surface area contributed by atoms with Crippen molar-refractivity contribution in [3.63, 3.8) is 0 Å². The molecule has 0 amide bonds. The molecule has 0 aromatic heterocycles. The van der Waals surface area contributed by atoms with E-state index in [1.54, 1.807) is 0 Å². The van der Waals surface area contributed by atoms with E-state index in [-0.39, 0.29) is 15.5 Å². The van der Waals surface area contributed by atoms with Crippen molar-refractivity contribution >= 4 is 31.3 Å². The second-order valence-electron chi connectivity index (χ2n) is 2.60. The molecule has 1 aromatic rings. The van der Waals surface area contributed by atoms with E-state index < -0.39 is 9.05 Å². The largest absolute Gasteiger partial charge is 0.261 e. The van der Waals surface area contributed by atoms with Crippen LogP contribution in [-0.4, -0.2) is 8.42 Å². The third-order valence-electron chi connectivity index (χ3n) is 1.72. The second-order valence-corrected chi connectivity index (χ2v) is 5.51. The molecule has 0 aliphatic heterocycles. The predicted octanol–water partition coefficient (Wildman–Crippen LogP) is 2.45. The van der Waals surface area contributed by atoms with Gasteiger partial charge in [-0.25, -0.2) is 8.42 Å². The van der Waals surface area contributed by atoms with Crippen molar-refractivity contribution in [2.24, 2.45) is 0 Å². The maximum Gasteiger partial charge on any atom is 0.261 e. The maximum absolute atomic E-state index is 11.0. The van der Waals surface area contributed by atoms with Crippen molar-refractivity contribution in [3.8, 4) is 6.07 Å². The summed E-state index contributed by atoms with van der Waals surface area (Å²) in [7, 11) is 1.36. The van der Waals surface area contributed by atoms with E-state index in [2.05, 4.69) is 0 Å². The van der Waals surface area contributed by atoms with Gasteiger partial charge < -0.3 is 0 Å². The molecule has 0 saturated carbocycles. The van der Waals surface area contributed by atoms with Crippen LogP contribution in [0.1, 0.15) is 11.1 Å². The fourth-order valence-corrected chi connectivity index (χ4v) is 2.48. The van der Waals surface area contributed by atoms with Crippen LogP contribution in [0.5, 0.6) is 0 Å². The normalized spacial score (nSPS) is 11.0. The zero-order valence-corrected chi connectivity index (χ0v) is 9.41. The Balaban J connectivity index is 3.57. The molecule has 0 radical (unpaired) electrons. The van der Waals surface area contributed by atoms with Crippen LogP contribution in [0.4, 0.5) is 0 Å². The smallest absolute Gasteiger partial charge is 0.207 e. The highest BCUT2D eigenvalue weighted by atomic mass is 35.7. The van der Waals surface area contributed by atoms with E-state index in [0.29, 0.717) is 5.56 Å². The molecular formula is C8H5Cl2NO2S. The number of hydrogen-bond donors (Lipinski definition) is 0. The summed E-state index contributed by atoms with van der Waals surface area (Å²) in [6.07, 6.45) is 0. The minimum Gasteiger partial charge on any atom is -0.207 e. The molecule has 14 heavy (non-hydrogen) atoms. The van der Waals surface area contributed by atoms with Gasteiger partial charge in [-0.3, -0.25) is 0 Å². The quantitative estimate of drug-likeness (QED) is 0.719. The fourth-order valence-electron chi connectivity index (χ4n) is 1.02. The Morgan fingerprint density at radius 1 is 1.43 bits per heavy atom. The van der Waals surface area contributed by atoms with Gasteiger partial charge in [0, 0.05) is 10.7 Å². The molecule has 0 spiro atoms. The summed E-state index contributed by atoms with van der Waals surface area (Å²) in [6, 6.07) is 4.43. The Bertz CT molecular complexity index is 517. The first-order valence-electron chi connectivity index (χ1n) is 3.52. The molecule has 0 bridgehead atoms. The summed E-state index contributed by atoms with van der Waals surface area (Å²) >= 11 is 5.76. The van der Waals surface area contributed by atoms with E-state index in [9.17, 15) is 8.42 Å². The van der Waals surface area contributed by atoms with Gasteiger partial charge in [0.1, 0.15) is 6.07 Å². The van der Waals surface area contributed by atoms with Crippen LogP contribution in [0.2, 0.25) is 5.02 Å². The molecule has 74 valence electrons. The van der Waals surface area contributed by atoms with Crippen LogP contribution >= 0.6 is 22.3 Å². The van der Waals surface area contributed by atoms with Crippen molar-refractivity contribution in [1.82, 2.24) is 0 Å². The SMILES string of the molecule is Cc1c(S(=O)(=O)Cl)ccc(C#N)c1Cl. The highest BCUT2D eigenvalue weighted by Gasteiger charge is 2.17. The minimum absolute atomic E-state index is 0.0665. The van der Waals surface area contributed by atoms with E-state index >= 15 is 0 Å². The highest BCUT2D eigenvalue weighted by molar-refractivity contribution is 8.13. The van der Waals surface area contributed by atoms with E-state index in [1.807, 2.05) is 6.07 Å². The Kier molecular flexibility index (Phi) is 3.05. The Morgan fingerprint density at radius 3 is 2.43 bits per heavy atom. The summed E-state index contributed by atoms with van der Waals surface area (Å²) in [5.41, 5.74) is 0.522. The number of halogens is 2. The summed E-state index contributed by atoms with van der Waals surface area (Å²) in [5.74, 6) is 0. The zero-order chi connectivity index (χ0) is 10.9. The molecule has 0 aliphatic carbocycles. The van der Waals surface area contributed by atoms with E-state index in [0.717, 1.165) is 0 Å². The van der Waals surface area contributed by atoms with Crippen LogP contribution in [0, 0.1) is 18.3 Å². The Morgan fingerprint density at radius 2 is 2.00 bits per heavy atom. The van der Waals surface area contributed by atoms with Crippen molar-refractivity contribution < 1.29 is 8.42 Å². The van der Waals surface area contributed by atoms with E-state index in [1.165, 1.54) is 19.1 Å². The lowest BCUT2D eigenvalue weighted by atomic mass is 10.1. The van der Waals surface area contributed by atoms with Crippen LogP contribution < -0.4 is 0 Å². The van der Waals surface area contributed by atoms with Gasteiger partial charge in [-0.1, -0.05) is 11.6 Å². The zero-order valence-electron chi connectivity index (χ0n) is 7.08. The molecule has 0 N–H and O–H groups in total. The second kappa shape index (κ2) is 3.77. The summed E-state index contributed by atoms with van der Waals surface area (Å²) < 4.78 is 22.1. The molecule has 1 rings (SSSR count). The van der Waals surface area contributed by atoms with Gasteiger partial charge in [-0.15, -0.1) is 0 Å². The molecule has 0 saturated heterocycles. The first kappa shape index (κ1) is 11.3. The Labute approximate surface area is 91.3 Å².